The second-order valence-corrected chi connectivity index (χ2v) is 9.79. The molecule has 35 heavy (non-hydrogen) atoms. The molecule has 0 aromatic heterocycles. The van der Waals surface area contributed by atoms with Gasteiger partial charge in [-0.1, -0.05) is 71.7 Å². The van der Waals surface area contributed by atoms with E-state index in [2.05, 4.69) is 0 Å². The fraction of sp³-hybridized carbons (Fsp3) is 0.185. The molecule has 0 saturated carbocycles. The van der Waals surface area contributed by atoms with E-state index in [9.17, 15) is 19.2 Å². The number of amides is 2. The van der Waals surface area contributed by atoms with Crippen molar-refractivity contribution in [3.63, 3.8) is 0 Å². The minimum atomic E-state index is -2.08. The second-order valence-electron chi connectivity index (χ2n) is 8.92. The molecule has 2 aliphatic heterocycles. The van der Waals surface area contributed by atoms with Crippen LogP contribution in [0.25, 0.3) is 0 Å². The van der Waals surface area contributed by atoms with E-state index in [-0.39, 0.29) is 17.7 Å². The summed E-state index contributed by atoms with van der Waals surface area (Å²) >= 11 is 12.0. The van der Waals surface area contributed by atoms with E-state index >= 15 is 0 Å². The first-order valence-electron chi connectivity index (χ1n) is 11.0. The molecule has 3 atom stereocenters. The number of rotatable bonds is 3. The summed E-state index contributed by atoms with van der Waals surface area (Å²) in [5, 5.41) is 1.01. The summed E-state index contributed by atoms with van der Waals surface area (Å²) in [7, 11) is 0. The summed E-state index contributed by atoms with van der Waals surface area (Å²) in [6.07, 6.45) is -0.967. The molecule has 8 heteroatoms. The molecule has 2 fully saturated rings. The number of Topliss-reactive ketones (excluding diaryl/α,β-unsaturated/α-hetero) is 2. The van der Waals surface area contributed by atoms with Crippen LogP contribution in [-0.2, 0) is 20.9 Å². The van der Waals surface area contributed by atoms with Crippen LogP contribution in [0, 0.1) is 11.8 Å². The molecule has 3 aliphatic rings. The van der Waals surface area contributed by atoms with Crippen LogP contribution in [-0.4, -0.2) is 33.9 Å². The highest BCUT2D eigenvalue weighted by molar-refractivity contribution is 6.35. The number of nitrogens with zero attached hydrogens (tertiary/aromatic N) is 1. The van der Waals surface area contributed by atoms with Gasteiger partial charge in [0.15, 0.2) is 0 Å². The van der Waals surface area contributed by atoms with Crippen LogP contribution in [0.15, 0.2) is 72.8 Å². The maximum absolute atomic E-state index is 13.8. The molecule has 1 aliphatic carbocycles. The molecular weight excluding hydrogens is 489 g/mol. The number of hydrogen-bond donors (Lipinski definition) is 0. The van der Waals surface area contributed by atoms with Crippen molar-refractivity contribution < 1.29 is 23.9 Å². The van der Waals surface area contributed by atoms with Crippen molar-refractivity contribution >= 4 is 46.6 Å². The molecule has 2 saturated heterocycles. The van der Waals surface area contributed by atoms with Crippen LogP contribution in [0.3, 0.4) is 0 Å². The topological polar surface area (TPSA) is 80.8 Å². The van der Waals surface area contributed by atoms with E-state index in [0.717, 1.165) is 4.90 Å². The first-order valence-corrected chi connectivity index (χ1v) is 11.8. The van der Waals surface area contributed by atoms with Gasteiger partial charge < -0.3 is 4.74 Å². The Morgan fingerprint density at radius 1 is 0.743 bits per heavy atom. The van der Waals surface area contributed by atoms with Crippen molar-refractivity contribution in [1.82, 2.24) is 4.90 Å². The van der Waals surface area contributed by atoms with Crippen molar-refractivity contribution in [2.24, 2.45) is 11.8 Å². The number of carbonyl (C=O) groups is 4. The number of imide groups is 1. The van der Waals surface area contributed by atoms with Gasteiger partial charge in [0.1, 0.15) is 0 Å². The SMILES string of the molecule is O=C1[C@@H]2[C@@H](c3ccc(Cl)cc3)OC3(C(=O)c4ccccc4C3=O)[C@@H]2C(=O)N1Cc1ccc(Cl)cc1. The maximum Gasteiger partial charge on any atom is 0.237 e. The number of hydrogen-bond acceptors (Lipinski definition) is 5. The zero-order chi connectivity index (χ0) is 24.5. The monoisotopic (exact) mass is 505 g/mol. The van der Waals surface area contributed by atoms with Gasteiger partial charge in [0.05, 0.1) is 24.5 Å². The number of ketones is 2. The number of carbonyl (C=O) groups excluding carboxylic acids is 4. The number of halogens is 2. The zero-order valence-corrected chi connectivity index (χ0v) is 19.6. The van der Waals surface area contributed by atoms with E-state index in [0.29, 0.717) is 21.2 Å². The quantitative estimate of drug-likeness (QED) is 0.381. The maximum atomic E-state index is 13.8. The lowest BCUT2D eigenvalue weighted by Gasteiger charge is -2.27. The van der Waals surface area contributed by atoms with E-state index < -0.39 is 46.9 Å². The van der Waals surface area contributed by atoms with Gasteiger partial charge in [0, 0.05) is 21.2 Å². The fourth-order valence-corrected chi connectivity index (χ4v) is 5.71. The van der Waals surface area contributed by atoms with E-state index in [1.807, 2.05) is 0 Å². The third-order valence-corrected chi connectivity index (χ3v) is 7.57. The Labute approximate surface area is 210 Å². The van der Waals surface area contributed by atoms with Crippen LogP contribution < -0.4 is 0 Å². The molecular formula is C27H17Cl2NO5. The van der Waals surface area contributed by atoms with Crippen molar-refractivity contribution in [3.8, 4) is 0 Å². The summed E-state index contributed by atoms with van der Waals surface area (Å²) in [6, 6.07) is 19.8. The van der Waals surface area contributed by atoms with Gasteiger partial charge in [0.2, 0.25) is 29.0 Å². The fourth-order valence-electron chi connectivity index (χ4n) is 5.46. The minimum absolute atomic E-state index is 0.000578. The van der Waals surface area contributed by atoms with Gasteiger partial charge in [-0.15, -0.1) is 0 Å². The van der Waals surface area contributed by atoms with Crippen molar-refractivity contribution in [2.75, 3.05) is 0 Å². The standard InChI is InChI=1S/C27H17Cl2NO5/c28-16-9-5-14(6-10-16)13-30-25(33)20-21(26(30)34)27(35-22(20)15-7-11-17(29)12-8-15)23(31)18-3-1-2-4-19(18)24(27)32/h1-12,20-22H,13H2/t20-,21-,22+/m0/s1. The zero-order valence-electron chi connectivity index (χ0n) is 18.1. The van der Waals surface area contributed by atoms with E-state index in [1.54, 1.807) is 72.8 Å². The summed E-state index contributed by atoms with van der Waals surface area (Å²) in [5.74, 6) is -4.55. The molecule has 6 nitrogen and oxygen atoms in total. The molecule has 3 aromatic rings. The van der Waals surface area contributed by atoms with Gasteiger partial charge in [-0.25, -0.2) is 0 Å². The van der Waals surface area contributed by atoms with Crippen LogP contribution >= 0.6 is 23.2 Å². The molecule has 0 bridgehead atoms. The molecule has 2 heterocycles. The average molecular weight is 506 g/mol. The van der Waals surface area contributed by atoms with Gasteiger partial charge in [-0.2, -0.15) is 0 Å². The van der Waals surface area contributed by atoms with Gasteiger partial charge in [0.25, 0.3) is 0 Å². The van der Waals surface area contributed by atoms with E-state index in [4.69, 9.17) is 27.9 Å². The average Bonchev–Trinajstić information content (AvgIpc) is 3.42. The first kappa shape index (κ1) is 22.2. The lowest BCUT2D eigenvalue weighted by molar-refractivity contribution is -0.145. The Morgan fingerprint density at radius 2 is 1.29 bits per heavy atom. The summed E-state index contributed by atoms with van der Waals surface area (Å²) < 4.78 is 6.24. The Morgan fingerprint density at radius 3 is 1.86 bits per heavy atom. The molecule has 2 amide bonds. The number of likely N-dealkylation sites (tertiary alicyclic amines) is 1. The van der Waals surface area contributed by atoms with Crippen molar-refractivity contribution in [2.45, 2.75) is 18.2 Å². The summed E-state index contributed by atoms with van der Waals surface area (Å²) in [4.78, 5) is 56.0. The highest BCUT2D eigenvalue weighted by Crippen LogP contribution is 2.57. The predicted molar refractivity (Wildman–Crippen MR) is 127 cm³/mol. The number of fused-ring (bicyclic) bond motifs is 3. The van der Waals surface area contributed by atoms with Gasteiger partial charge >= 0.3 is 0 Å². The lowest BCUT2D eigenvalue weighted by atomic mass is 9.77. The van der Waals surface area contributed by atoms with Crippen molar-refractivity contribution in [1.29, 1.82) is 0 Å². The predicted octanol–water partition coefficient (Wildman–Crippen LogP) is 4.68. The molecule has 1 spiro atoms. The third kappa shape index (κ3) is 3.07. The molecule has 0 N–H and O–H groups in total. The minimum Gasteiger partial charge on any atom is -0.349 e. The molecule has 3 aromatic carbocycles. The van der Waals surface area contributed by atoms with Gasteiger partial charge in [-0.3, -0.25) is 24.1 Å². The molecule has 0 radical (unpaired) electrons. The lowest BCUT2D eigenvalue weighted by Crippen LogP contribution is -2.50. The molecule has 0 unspecified atom stereocenters. The Hall–Kier alpha value is -3.32. The van der Waals surface area contributed by atoms with Crippen molar-refractivity contribution in [3.05, 3.63) is 105 Å². The molecule has 174 valence electrons. The van der Waals surface area contributed by atoms with Crippen LogP contribution in [0.4, 0.5) is 0 Å². The third-order valence-electron chi connectivity index (χ3n) is 7.06. The largest absolute Gasteiger partial charge is 0.349 e. The van der Waals surface area contributed by atoms with Crippen LogP contribution in [0.1, 0.15) is 37.9 Å². The summed E-state index contributed by atoms with van der Waals surface area (Å²) in [5.41, 5.74) is -0.428. The van der Waals surface area contributed by atoms with E-state index in [1.165, 1.54) is 0 Å². The number of ether oxygens (including phenoxy) is 1. The summed E-state index contributed by atoms with van der Waals surface area (Å²) in [6.45, 7) is 0.000578. The first-order chi connectivity index (χ1) is 16.8. The molecule has 6 rings (SSSR count). The highest BCUT2D eigenvalue weighted by atomic mass is 35.5. The second kappa shape index (κ2) is 7.85. The number of benzene rings is 3. The Bertz CT molecular complexity index is 1380. The van der Waals surface area contributed by atoms with Crippen LogP contribution in [0.2, 0.25) is 10.0 Å². The van der Waals surface area contributed by atoms with Gasteiger partial charge in [-0.05, 0) is 35.4 Å². The van der Waals surface area contributed by atoms with Crippen LogP contribution in [0.5, 0.6) is 0 Å². The smallest absolute Gasteiger partial charge is 0.237 e. The normalized spacial score (nSPS) is 24.4. The Kier molecular flexibility index (Phi) is 4.97. The Balaban J connectivity index is 1.48. The highest BCUT2D eigenvalue weighted by Gasteiger charge is 2.74.